The summed E-state index contributed by atoms with van der Waals surface area (Å²) in [6.07, 6.45) is 0. The highest BCUT2D eigenvalue weighted by Gasteiger charge is 2.32. The standard InChI is InChI=1S/C10H9Br2FO2/c1-10(2,9(14)15)5-3-6(11)7(12)4-8(5)13/h3-4H,1-2H3,(H,14,15). The molecule has 0 unspecified atom stereocenters. The van der Waals surface area contributed by atoms with Crippen molar-refractivity contribution in [2.75, 3.05) is 0 Å². The fraction of sp³-hybridized carbons (Fsp3) is 0.300. The van der Waals surface area contributed by atoms with Crippen LogP contribution in [0.3, 0.4) is 0 Å². The molecule has 0 fully saturated rings. The van der Waals surface area contributed by atoms with Crippen LogP contribution >= 0.6 is 31.9 Å². The van der Waals surface area contributed by atoms with Crippen LogP contribution in [0.4, 0.5) is 4.39 Å². The summed E-state index contributed by atoms with van der Waals surface area (Å²) in [5, 5.41) is 8.99. The van der Waals surface area contributed by atoms with Crippen LogP contribution in [-0.2, 0) is 10.2 Å². The molecule has 0 heterocycles. The molecule has 82 valence electrons. The van der Waals surface area contributed by atoms with Crippen LogP contribution in [-0.4, -0.2) is 11.1 Å². The van der Waals surface area contributed by atoms with Gasteiger partial charge in [-0.05, 0) is 57.8 Å². The largest absolute Gasteiger partial charge is 0.481 e. The van der Waals surface area contributed by atoms with Gasteiger partial charge in [0.15, 0.2) is 0 Å². The van der Waals surface area contributed by atoms with Crippen molar-refractivity contribution in [3.8, 4) is 0 Å². The highest BCUT2D eigenvalue weighted by molar-refractivity contribution is 9.13. The minimum Gasteiger partial charge on any atom is -0.481 e. The Kier molecular flexibility index (Phi) is 3.55. The Morgan fingerprint density at radius 2 is 1.80 bits per heavy atom. The quantitative estimate of drug-likeness (QED) is 0.834. The van der Waals surface area contributed by atoms with Gasteiger partial charge in [0.05, 0.1) is 5.41 Å². The third kappa shape index (κ3) is 2.39. The molecule has 0 saturated heterocycles. The number of aliphatic carboxylic acids is 1. The van der Waals surface area contributed by atoms with E-state index in [0.717, 1.165) is 0 Å². The van der Waals surface area contributed by atoms with Gasteiger partial charge in [0.25, 0.3) is 0 Å². The predicted octanol–water partition coefficient (Wildman–Crippen LogP) is 3.71. The third-order valence-corrected chi connectivity index (χ3v) is 4.06. The number of carboxylic acids is 1. The molecule has 0 bridgehead atoms. The maximum Gasteiger partial charge on any atom is 0.313 e. The van der Waals surface area contributed by atoms with E-state index in [0.29, 0.717) is 8.95 Å². The number of carbonyl (C=O) groups is 1. The van der Waals surface area contributed by atoms with Crippen LogP contribution in [0.1, 0.15) is 19.4 Å². The fourth-order valence-electron chi connectivity index (χ4n) is 1.12. The molecule has 15 heavy (non-hydrogen) atoms. The summed E-state index contributed by atoms with van der Waals surface area (Å²) in [5.74, 6) is -1.59. The monoisotopic (exact) mass is 338 g/mol. The normalized spacial score (nSPS) is 11.5. The molecular formula is C10H9Br2FO2. The molecule has 0 radical (unpaired) electrons. The van der Waals surface area contributed by atoms with Crippen molar-refractivity contribution < 1.29 is 14.3 Å². The number of rotatable bonds is 2. The Labute approximate surface area is 104 Å². The van der Waals surface area contributed by atoms with Gasteiger partial charge < -0.3 is 5.11 Å². The number of hydrogen-bond donors (Lipinski definition) is 1. The van der Waals surface area contributed by atoms with Gasteiger partial charge in [-0.3, -0.25) is 4.79 Å². The molecule has 0 aromatic heterocycles. The van der Waals surface area contributed by atoms with Gasteiger partial charge in [0, 0.05) is 14.5 Å². The molecule has 0 aliphatic carbocycles. The Bertz CT molecular complexity index is 416. The second kappa shape index (κ2) is 4.22. The van der Waals surface area contributed by atoms with Crippen LogP contribution in [0.25, 0.3) is 0 Å². The lowest BCUT2D eigenvalue weighted by Gasteiger charge is -2.20. The SMILES string of the molecule is CC(C)(C(=O)O)c1cc(Br)c(Br)cc1F. The van der Waals surface area contributed by atoms with Gasteiger partial charge >= 0.3 is 5.97 Å². The van der Waals surface area contributed by atoms with E-state index in [2.05, 4.69) is 31.9 Å². The maximum atomic E-state index is 13.6. The van der Waals surface area contributed by atoms with Crippen molar-refractivity contribution in [2.45, 2.75) is 19.3 Å². The van der Waals surface area contributed by atoms with Crippen molar-refractivity contribution in [1.29, 1.82) is 0 Å². The lowest BCUT2D eigenvalue weighted by atomic mass is 9.84. The lowest BCUT2D eigenvalue weighted by molar-refractivity contribution is -0.142. The smallest absolute Gasteiger partial charge is 0.313 e. The first kappa shape index (κ1) is 12.6. The first-order valence-corrected chi connectivity index (χ1v) is 5.74. The minimum atomic E-state index is -1.24. The zero-order valence-corrected chi connectivity index (χ0v) is 11.3. The van der Waals surface area contributed by atoms with E-state index in [1.54, 1.807) is 0 Å². The minimum absolute atomic E-state index is 0.157. The molecule has 1 N–H and O–H groups in total. The Morgan fingerprint density at radius 3 is 2.27 bits per heavy atom. The van der Waals surface area contributed by atoms with Crippen LogP contribution in [0.5, 0.6) is 0 Å². The van der Waals surface area contributed by atoms with Gasteiger partial charge in [-0.1, -0.05) is 0 Å². The Balaban J connectivity index is 3.38. The summed E-state index contributed by atoms with van der Waals surface area (Å²) < 4.78 is 14.8. The summed E-state index contributed by atoms with van der Waals surface area (Å²) in [5.41, 5.74) is -1.09. The van der Waals surface area contributed by atoms with Crippen LogP contribution in [0.2, 0.25) is 0 Å². The molecule has 1 aromatic carbocycles. The molecule has 1 rings (SSSR count). The molecule has 0 saturated carbocycles. The van der Waals surface area contributed by atoms with Gasteiger partial charge in [-0.2, -0.15) is 0 Å². The number of halogens is 3. The third-order valence-electron chi connectivity index (χ3n) is 2.22. The summed E-state index contributed by atoms with van der Waals surface area (Å²) in [6.45, 7) is 2.93. The van der Waals surface area contributed by atoms with E-state index < -0.39 is 17.2 Å². The zero-order chi connectivity index (χ0) is 11.8. The van der Waals surface area contributed by atoms with Crippen LogP contribution < -0.4 is 0 Å². The molecule has 1 aromatic rings. The summed E-state index contributed by atoms with van der Waals surface area (Å²) in [7, 11) is 0. The maximum absolute atomic E-state index is 13.6. The first-order valence-electron chi connectivity index (χ1n) is 4.15. The summed E-state index contributed by atoms with van der Waals surface area (Å²) in [4.78, 5) is 11.0. The number of benzene rings is 1. The molecule has 0 aliphatic rings. The highest BCUT2D eigenvalue weighted by Crippen LogP contribution is 2.33. The van der Waals surface area contributed by atoms with E-state index in [1.165, 1.54) is 26.0 Å². The van der Waals surface area contributed by atoms with Crippen LogP contribution in [0.15, 0.2) is 21.1 Å². The Morgan fingerprint density at radius 1 is 1.33 bits per heavy atom. The lowest BCUT2D eigenvalue weighted by Crippen LogP contribution is -2.29. The zero-order valence-electron chi connectivity index (χ0n) is 8.14. The topological polar surface area (TPSA) is 37.3 Å². The molecule has 0 amide bonds. The highest BCUT2D eigenvalue weighted by atomic mass is 79.9. The van der Waals surface area contributed by atoms with Crippen molar-refractivity contribution in [1.82, 2.24) is 0 Å². The van der Waals surface area contributed by atoms with Gasteiger partial charge in [-0.25, -0.2) is 4.39 Å². The summed E-state index contributed by atoms with van der Waals surface area (Å²) in [6, 6.07) is 2.73. The van der Waals surface area contributed by atoms with Crippen molar-refractivity contribution in [3.05, 3.63) is 32.5 Å². The average molecular weight is 340 g/mol. The number of hydrogen-bond acceptors (Lipinski definition) is 1. The average Bonchev–Trinajstić information content (AvgIpc) is 2.10. The van der Waals surface area contributed by atoms with Crippen LogP contribution in [0, 0.1) is 5.82 Å². The van der Waals surface area contributed by atoms with E-state index in [4.69, 9.17) is 5.11 Å². The number of carboxylic acid groups (broad SMARTS) is 1. The van der Waals surface area contributed by atoms with Gasteiger partial charge in [0.2, 0.25) is 0 Å². The second-order valence-electron chi connectivity index (χ2n) is 3.68. The van der Waals surface area contributed by atoms with Crippen molar-refractivity contribution in [3.63, 3.8) is 0 Å². The second-order valence-corrected chi connectivity index (χ2v) is 5.38. The van der Waals surface area contributed by atoms with E-state index >= 15 is 0 Å². The molecule has 0 spiro atoms. The fourth-order valence-corrected chi connectivity index (χ4v) is 1.78. The molecule has 5 heteroatoms. The van der Waals surface area contributed by atoms with Gasteiger partial charge in [0.1, 0.15) is 5.82 Å². The van der Waals surface area contributed by atoms with Gasteiger partial charge in [-0.15, -0.1) is 0 Å². The van der Waals surface area contributed by atoms with Crippen molar-refractivity contribution in [2.24, 2.45) is 0 Å². The molecular weight excluding hydrogens is 331 g/mol. The first-order chi connectivity index (χ1) is 6.76. The van der Waals surface area contributed by atoms with Crippen molar-refractivity contribution >= 4 is 37.8 Å². The molecule has 2 nitrogen and oxygen atoms in total. The van der Waals surface area contributed by atoms with E-state index in [1.807, 2.05) is 0 Å². The molecule has 0 aliphatic heterocycles. The van der Waals surface area contributed by atoms with E-state index in [-0.39, 0.29) is 5.56 Å². The predicted molar refractivity (Wildman–Crippen MR) is 62.5 cm³/mol. The molecule has 0 atom stereocenters. The van der Waals surface area contributed by atoms with E-state index in [9.17, 15) is 9.18 Å². The Hall–Kier alpha value is -0.420. The summed E-state index contributed by atoms with van der Waals surface area (Å²) >= 11 is 6.36.